The van der Waals surface area contributed by atoms with Gasteiger partial charge in [0.2, 0.25) is 5.91 Å². The summed E-state index contributed by atoms with van der Waals surface area (Å²) in [5.74, 6) is 0.527. The zero-order chi connectivity index (χ0) is 23.6. The molecule has 0 saturated carbocycles. The molecule has 0 N–H and O–H groups in total. The molecule has 1 aliphatic heterocycles. The van der Waals surface area contributed by atoms with E-state index in [1.807, 2.05) is 76.8 Å². The van der Waals surface area contributed by atoms with Crippen LogP contribution in [0.15, 0.2) is 53.9 Å². The van der Waals surface area contributed by atoms with Crippen molar-refractivity contribution in [2.75, 3.05) is 17.2 Å². The van der Waals surface area contributed by atoms with Crippen molar-refractivity contribution in [2.45, 2.75) is 58.7 Å². The summed E-state index contributed by atoms with van der Waals surface area (Å²) >= 11 is 3.06. The van der Waals surface area contributed by atoms with E-state index in [4.69, 9.17) is 0 Å². The Hall–Kier alpha value is -2.11. The number of fused-ring (bicyclic) bond motifs is 1. The number of para-hydroxylation sites is 1. The summed E-state index contributed by atoms with van der Waals surface area (Å²) in [5, 5.41) is 0.873. The first-order chi connectivity index (χ1) is 15.2. The van der Waals surface area contributed by atoms with Crippen LogP contribution in [0.3, 0.4) is 0 Å². The fourth-order valence-electron chi connectivity index (χ4n) is 2.84. The topological polar surface area (TPSA) is 33.2 Å². The van der Waals surface area contributed by atoms with E-state index >= 15 is 0 Å². The average Bonchev–Trinajstić information content (AvgIpc) is 3.23. The monoisotopic (exact) mass is 458 g/mol. The second kappa shape index (κ2) is 17.6. The molecule has 0 saturated heterocycles. The van der Waals surface area contributed by atoms with Crippen LogP contribution in [-0.4, -0.2) is 23.2 Å². The Kier molecular flexibility index (Phi) is 16.4. The van der Waals surface area contributed by atoms with Crippen LogP contribution in [-0.2, 0) is 11.2 Å². The van der Waals surface area contributed by atoms with Crippen molar-refractivity contribution in [1.29, 1.82) is 0 Å². The van der Waals surface area contributed by atoms with E-state index in [9.17, 15) is 4.79 Å². The minimum Gasteiger partial charge on any atom is -0.311 e. The number of amides is 1. The highest BCUT2D eigenvalue weighted by molar-refractivity contribution is 8.01. The van der Waals surface area contributed by atoms with Crippen LogP contribution in [0.2, 0.25) is 0 Å². The molecule has 0 unspecified atom stereocenters. The van der Waals surface area contributed by atoms with Gasteiger partial charge in [0.05, 0.1) is 15.6 Å². The second-order valence-electron chi connectivity index (χ2n) is 5.60. The van der Waals surface area contributed by atoms with Gasteiger partial charge in [0.25, 0.3) is 0 Å². The van der Waals surface area contributed by atoms with Gasteiger partial charge in [-0.2, -0.15) is 0 Å². The van der Waals surface area contributed by atoms with Crippen LogP contribution in [0, 0.1) is 0 Å². The molecule has 2 heterocycles. The van der Waals surface area contributed by atoms with E-state index < -0.39 is 0 Å². The van der Waals surface area contributed by atoms with Crippen molar-refractivity contribution >= 4 is 46.8 Å². The van der Waals surface area contributed by atoms with Crippen molar-refractivity contribution in [3.63, 3.8) is 0 Å². The number of nitrogens with zero attached hydrogens (tertiary/aromatic N) is 2. The molecule has 1 amide bonds. The molecule has 1 aromatic carbocycles. The van der Waals surface area contributed by atoms with Crippen LogP contribution in [0.1, 0.15) is 53.5 Å². The van der Waals surface area contributed by atoms with Gasteiger partial charge in [-0.3, -0.25) is 4.79 Å². The molecular formula is C26H38N2OS2. The molecule has 1 aromatic heterocycles. The molecule has 3 rings (SSSR count). The van der Waals surface area contributed by atoms with Crippen molar-refractivity contribution < 1.29 is 4.79 Å². The number of anilines is 1. The lowest BCUT2D eigenvalue weighted by molar-refractivity contribution is -0.116. The van der Waals surface area contributed by atoms with Gasteiger partial charge in [0.1, 0.15) is 0 Å². The summed E-state index contributed by atoms with van der Waals surface area (Å²) in [6, 6.07) is 8.17. The van der Waals surface area contributed by atoms with Gasteiger partial charge in [0.15, 0.2) is 4.34 Å². The Labute approximate surface area is 197 Å². The van der Waals surface area contributed by atoms with E-state index in [0.717, 1.165) is 39.3 Å². The molecule has 170 valence electrons. The lowest BCUT2D eigenvalue weighted by Gasteiger charge is -2.29. The molecule has 0 fully saturated rings. The first-order valence-corrected chi connectivity index (χ1v) is 13.0. The molecule has 0 radical (unpaired) electrons. The third-order valence-corrected chi connectivity index (χ3v) is 6.10. The molecule has 3 nitrogen and oxygen atoms in total. The van der Waals surface area contributed by atoms with Crippen LogP contribution >= 0.6 is 23.1 Å². The number of aryl methyl sites for hydroxylation is 1. The number of hydrogen-bond donors (Lipinski definition) is 0. The summed E-state index contributed by atoms with van der Waals surface area (Å²) in [6.07, 6.45) is 9.33. The quantitative estimate of drug-likeness (QED) is 0.498. The van der Waals surface area contributed by atoms with Crippen LogP contribution in [0.25, 0.3) is 12.2 Å². The maximum atomic E-state index is 12.7. The minimum absolute atomic E-state index is 0.135. The summed E-state index contributed by atoms with van der Waals surface area (Å²) < 4.78 is 1.92. The largest absolute Gasteiger partial charge is 0.311 e. The van der Waals surface area contributed by atoms with Crippen molar-refractivity contribution in [1.82, 2.24) is 4.98 Å². The molecular weight excluding hydrogens is 420 g/mol. The first kappa shape index (κ1) is 28.9. The Morgan fingerprint density at radius 2 is 1.74 bits per heavy atom. The lowest BCUT2D eigenvalue weighted by atomic mass is 10.0. The Morgan fingerprint density at radius 1 is 1.10 bits per heavy atom. The Bertz CT molecular complexity index is 878. The summed E-state index contributed by atoms with van der Waals surface area (Å²) in [7, 11) is 0. The Morgan fingerprint density at radius 3 is 2.39 bits per heavy atom. The molecule has 0 spiro atoms. The maximum absolute atomic E-state index is 12.7. The molecule has 0 aliphatic carbocycles. The smallest absolute Gasteiger partial charge is 0.237 e. The maximum Gasteiger partial charge on any atom is 0.237 e. The van der Waals surface area contributed by atoms with E-state index in [-0.39, 0.29) is 5.91 Å². The number of benzene rings is 1. The van der Waals surface area contributed by atoms with Gasteiger partial charge in [-0.15, -0.1) is 11.3 Å². The molecule has 0 atom stereocenters. The number of aromatic nitrogens is 1. The number of thioether (sulfide) groups is 1. The van der Waals surface area contributed by atoms with Gasteiger partial charge in [-0.1, -0.05) is 96.8 Å². The SMILES string of the molecule is C=C/C=c1/nc(SCC(=O)N2CCCc3ccccc32)s/c1=C/C=C.CC.CC.CC. The summed E-state index contributed by atoms with van der Waals surface area (Å²) in [5.41, 5.74) is 2.31. The highest BCUT2D eigenvalue weighted by atomic mass is 32.2. The highest BCUT2D eigenvalue weighted by Gasteiger charge is 2.22. The van der Waals surface area contributed by atoms with Gasteiger partial charge in [-0.05, 0) is 36.6 Å². The first-order valence-electron chi connectivity index (χ1n) is 11.2. The van der Waals surface area contributed by atoms with Crippen molar-refractivity contribution in [3.8, 4) is 0 Å². The molecule has 0 bridgehead atoms. The fraction of sp³-hybridized carbons (Fsp3) is 0.385. The molecule has 31 heavy (non-hydrogen) atoms. The van der Waals surface area contributed by atoms with Gasteiger partial charge in [-0.25, -0.2) is 4.98 Å². The molecule has 5 heteroatoms. The third-order valence-electron chi connectivity index (χ3n) is 3.94. The predicted octanol–water partition coefficient (Wildman–Crippen LogP) is 6.23. The van der Waals surface area contributed by atoms with Crippen LogP contribution < -0.4 is 14.8 Å². The summed E-state index contributed by atoms with van der Waals surface area (Å²) in [4.78, 5) is 19.2. The van der Waals surface area contributed by atoms with Gasteiger partial charge < -0.3 is 4.90 Å². The Balaban J connectivity index is 0.00000138. The average molecular weight is 459 g/mol. The predicted molar refractivity (Wildman–Crippen MR) is 143 cm³/mol. The standard InChI is InChI=1S/C20H20N2OS2.3C2H6/c1-3-8-16-18(9-4-2)25-20(21-16)24-14-19(23)22-13-7-11-15-10-5-6-12-17(15)22;3*1-2/h3-6,8-10,12H,1-2,7,11,13-14H2;3*1-2H3/b16-8+,18-9+;;;. The lowest BCUT2D eigenvalue weighted by Crippen LogP contribution is -2.36. The number of thiazole rings is 1. The summed E-state index contributed by atoms with van der Waals surface area (Å²) in [6.45, 7) is 20.3. The zero-order valence-corrected chi connectivity index (χ0v) is 21.6. The van der Waals surface area contributed by atoms with Gasteiger partial charge in [0, 0.05) is 12.2 Å². The molecule has 1 aliphatic rings. The van der Waals surface area contributed by atoms with E-state index in [0.29, 0.717) is 5.75 Å². The highest BCUT2D eigenvalue weighted by Crippen LogP contribution is 2.28. The third kappa shape index (κ3) is 8.88. The van der Waals surface area contributed by atoms with E-state index in [1.165, 1.54) is 17.3 Å². The van der Waals surface area contributed by atoms with Crippen molar-refractivity contribution in [3.05, 3.63) is 65.0 Å². The van der Waals surface area contributed by atoms with Gasteiger partial charge >= 0.3 is 0 Å². The van der Waals surface area contributed by atoms with Crippen LogP contribution in [0.5, 0.6) is 0 Å². The number of carbonyl (C=O) groups is 1. The number of allylic oxidation sites excluding steroid dienone is 2. The number of hydrogen-bond acceptors (Lipinski definition) is 4. The second-order valence-corrected chi connectivity index (χ2v) is 7.85. The van der Waals surface area contributed by atoms with E-state index in [1.54, 1.807) is 23.5 Å². The van der Waals surface area contributed by atoms with Crippen LogP contribution in [0.4, 0.5) is 5.69 Å². The fourth-order valence-corrected chi connectivity index (χ4v) is 4.80. The van der Waals surface area contributed by atoms with E-state index in [2.05, 4.69) is 24.2 Å². The number of carbonyl (C=O) groups excluding carboxylic acids is 1. The number of rotatable bonds is 5. The minimum atomic E-state index is 0.135. The van der Waals surface area contributed by atoms with Crippen molar-refractivity contribution in [2.24, 2.45) is 0 Å². The molecule has 2 aromatic rings. The normalized spacial score (nSPS) is 12.8. The zero-order valence-electron chi connectivity index (χ0n) is 20.0.